The van der Waals surface area contributed by atoms with Crippen LogP contribution in [0.15, 0.2) is 24.3 Å². The topological polar surface area (TPSA) is 79.0 Å². The van der Waals surface area contributed by atoms with E-state index in [1.165, 1.54) is 24.3 Å². The summed E-state index contributed by atoms with van der Waals surface area (Å²) < 4.78 is 17.8. The van der Waals surface area contributed by atoms with Gasteiger partial charge in [-0.25, -0.2) is 9.18 Å². The highest BCUT2D eigenvalue weighted by Crippen LogP contribution is 2.07. The van der Waals surface area contributed by atoms with Gasteiger partial charge in [0.2, 0.25) is 5.91 Å². The molecule has 0 saturated carbocycles. The van der Waals surface area contributed by atoms with Crippen molar-refractivity contribution in [3.05, 3.63) is 35.6 Å². The molecule has 0 unspecified atom stereocenters. The summed E-state index contributed by atoms with van der Waals surface area (Å²) in [7, 11) is 0. The van der Waals surface area contributed by atoms with E-state index in [0.717, 1.165) is 0 Å². The van der Waals surface area contributed by atoms with Gasteiger partial charge in [-0.15, -0.1) is 0 Å². The van der Waals surface area contributed by atoms with Crippen molar-refractivity contribution in [3.63, 3.8) is 0 Å². The number of carbonyl (C=O) groups is 3. The predicted octanol–water partition coefficient (Wildman–Crippen LogP) is 1.24. The lowest BCUT2D eigenvalue weighted by molar-refractivity contribution is -0.134. The van der Waals surface area contributed by atoms with Crippen molar-refractivity contribution in [2.45, 2.75) is 19.9 Å². The van der Waals surface area contributed by atoms with Crippen molar-refractivity contribution in [1.29, 1.82) is 0 Å². The first-order chi connectivity index (χ1) is 11.9. The molecule has 0 aromatic heterocycles. The quantitative estimate of drug-likeness (QED) is 0.885. The molecule has 1 N–H and O–H groups in total. The van der Waals surface area contributed by atoms with E-state index >= 15 is 0 Å². The zero-order valence-electron chi connectivity index (χ0n) is 14.3. The average Bonchev–Trinajstić information content (AvgIpc) is 2.61. The molecule has 136 valence electrons. The molecule has 0 bridgehead atoms. The Morgan fingerprint density at radius 3 is 2.24 bits per heavy atom. The van der Waals surface area contributed by atoms with Gasteiger partial charge in [0.25, 0.3) is 5.91 Å². The minimum atomic E-state index is -0.716. The second-order valence-corrected chi connectivity index (χ2v) is 5.71. The van der Waals surface area contributed by atoms with Crippen LogP contribution in [-0.2, 0) is 9.53 Å². The molecule has 1 aliphatic rings. The maximum absolute atomic E-state index is 12.9. The number of amides is 3. The van der Waals surface area contributed by atoms with Crippen molar-refractivity contribution >= 4 is 17.9 Å². The molecule has 2 rings (SSSR count). The molecule has 1 aliphatic heterocycles. The van der Waals surface area contributed by atoms with E-state index in [4.69, 9.17) is 4.74 Å². The summed E-state index contributed by atoms with van der Waals surface area (Å²) in [5, 5.41) is 2.61. The molecule has 0 radical (unpaired) electrons. The number of ether oxygens (including phenoxy) is 1. The van der Waals surface area contributed by atoms with Crippen LogP contribution in [0.25, 0.3) is 0 Å². The van der Waals surface area contributed by atoms with Gasteiger partial charge in [0.15, 0.2) is 0 Å². The Bertz CT molecular complexity index is 627. The molecule has 1 aromatic carbocycles. The van der Waals surface area contributed by atoms with Gasteiger partial charge in [-0.2, -0.15) is 0 Å². The van der Waals surface area contributed by atoms with Crippen LogP contribution in [0.5, 0.6) is 0 Å². The molecule has 1 saturated heterocycles. The molecule has 1 heterocycles. The monoisotopic (exact) mass is 351 g/mol. The summed E-state index contributed by atoms with van der Waals surface area (Å²) in [6, 6.07) is 4.39. The lowest BCUT2D eigenvalue weighted by Crippen LogP contribution is -2.55. The number of nitrogens with one attached hydrogen (secondary N) is 1. The van der Waals surface area contributed by atoms with Crippen LogP contribution in [0, 0.1) is 5.82 Å². The Morgan fingerprint density at radius 1 is 1.12 bits per heavy atom. The van der Waals surface area contributed by atoms with E-state index in [2.05, 4.69) is 5.32 Å². The minimum absolute atomic E-state index is 0.223. The molecule has 7 nitrogen and oxygen atoms in total. The summed E-state index contributed by atoms with van der Waals surface area (Å²) in [6.45, 7) is 5.20. The van der Waals surface area contributed by atoms with Crippen molar-refractivity contribution in [2.75, 3.05) is 32.8 Å². The van der Waals surface area contributed by atoms with Gasteiger partial charge in [0, 0.05) is 31.7 Å². The standard InChI is InChI=1S/C17H22FN3O4/c1-3-25-17(24)21-10-8-20(9-11-21)16(23)12(2)19-15(22)13-4-6-14(18)7-5-13/h4-7,12H,3,8-11H2,1-2H3,(H,19,22)/t12-/m0/s1. The molecule has 0 aliphatic carbocycles. The molecule has 3 amide bonds. The maximum atomic E-state index is 12.9. The molecule has 8 heteroatoms. The van der Waals surface area contributed by atoms with Gasteiger partial charge < -0.3 is 19.9 Å². The van der Waals surface area contributed by atoms with Crippen LogP contribution >= 0.6 is 0 Å². The third-order valence-corrected chi connectivity index (χ3v) is 3.94. The van der Waals surface area contributed by atoms with E-state index in [-0.39, 0.29) is 17.6 Å². The van der Waals surface area contributed by atoms with Crippen LogP contribution in [0.1, 0.15) is 24.2 Å². The van der Waals surface area contributed by atoms with Crippen molar-refractivity contribution in [3.8, 4) is 0 Å². The van der Waals surface area contributed by atoms with E-state index in [1.54, 1.807) is 23.6 Å². The lowest BCUT2D eigenvalue weighted by Gasteiger charge is -2.35. The summed E-state index contributed by atoms with van der Waals surface area (Å²) in [5.74, 6) is -1.09. The van der Waals surface area contributed by atoms with Crippen molar-refractivity contribution in [1.82, 2.24) is 15.1 Å². The molecular weight excluding hydrogens is 329 g/mol. The van der Waals surface area contributed by atoms with Crippen LogP contribution < -0.4 is 5.32 Å². The fourth-order valence-corrected chi connectivity index (χ4v) is 2.54. The van der Waals surface area contributed by atoms with E-state index in [0.29, 0.717) is 32.8 Å². The Kier molecular flexibility index (Phi) is 6.32. The minimum Gasteiger partial charge on any atom is -0.450 e. The highest BCUT2D eigenvalue weighted by Gasteiger charge is 2.28. The molecule has 1 aromatic rings. The van der Waals surface area contributed by atoms with Gasteiger partial charge in [-0.1, -0.05) is 0 Å². The van der Waals surface area contributed by atoms with Gasteiger partial charge in [0.05, 0.1) is 6.61 Å². The Balaban J connectivity index is 1.85. The Labute approximate surface area is 145 Å². The number of nitrogens with zero attached hydrogens (tertiary/aromatic N) is 2. The second-order valence-electron chi connectivity index (χ2n) is 5.71. The maximum Gasteiger partial charge on any atom is 0.409 e. The summed E-state index contributed by atoms with van der Waals surface area (Å²) in [5.41, 5.74) is 0.285. The number of benzene rings is 1. The van der Waals surface area contributed by atoms with E-state index in [1.807, 2.05) is 0 Å². The number of halogens is 1. The highest BCUT2D eigenvalue weighted by molar-refractivity contribution is 5.97. The van der Waals surface area contributed by atoms with Crippen molar-refractivity contribution < 1.29 is 23.5 Å². The molecule has 1 atom stereocenters. The van der Waals surface area contributed by atoms with E-state index < -0.39 is 17.8 Å². The van der Waals surface area contributed by atoms with E-state index in [9.17, 15) is 18.8 Å². The number of rotatable bonds is 4. The van der Waals surface area contributed by atoms with Gasteiger partial charge in [-0.3, -0.25) is 9.59 Å². The van der Waals surface area contributed by atoms with Gasteiger partial charge in [0.1, 0.15) is 11.9 Å². The first-order valence-electron chi connectivity index (χ1n) is 8.19. The molecule has 0 spiro atoms. The first-order valence-corrected chi connectivity index (χ1v) is 8.19. The summed E-state index contributed by atoms with van der Waals surface area (Å²) in [6.07, 6.45) is -0.382. The zero-order chi connectivity index (χ0) is 18.4. The third-order valence-electron chi connectivity index (χ3n) is 3.94. The summed E-state index contributed by atoms with van der Waals surface area (Å²) >= 11 is 0. The fraction of sp³-hybridized carbons (Fsp3) is 0.471. The Hall–Kier alpha value is -2.64. The first kappa shape index (κ1) is 18.7. The largest absolute Gasteiger partial charge is 0.450 e. The highest BCUT2D eigenvalue weighted by atomic mass is 19.1. The number of piperazine rings is 1. The van der Waals surface area contributed by atoms with Crippen molar-refractivity contribution in [2.24, 2.45) is 0 Å². The average molecular weight is 351 g/mol. The van der Waals surface area contributed by atoms with Gasteiger partial charge >= 0.3 is 6.09 Å². The van der Waals surface area contributed by atoms with Crippen LogP contribution in [0.4, 0.5) is 9.18 Å². The SMILES string of the molecule is CCOC(=O)N1CCN(C(=O)[C@H](C)NC(=O)c2ccc(F)cc2)CC1. The summed E-state index contributed by atoms with van der Waals surface area (Å²) in [4.78, 5) is 39.3. The van der Waals surface area contributed by atoms with Gasteiger partial charge in [-0.05, 0) is 38.1 Å². The smallest absolute Gasteiger partial charge is 0.409 e. The number of hydrogen-bond acceptors (Lipinski definition) is 4. The van der Waals surface area contributed by atoms with Crippen LogP contribution in [0.2, 0.25) is 0 Å². The third kappa shape index (κ3) is 4.91. The zero-order valence-corrected chi connectivity index (χ0v) is 14.3. The lowest BCUT2D eigenvalue weighted by atomic mass is 10.2. The predicted molar refractivity (Wildman–Crippen MR) is 88.5 cm³/mol. The Morgan fingerprint density at radius 2 is 1.68 bits per heavy atom. The fourth-order valence-electron chi connectivity index (χ4n) is 2.54. The number of hydrogen-bond donors (Lipinski definition) is 1. The number of carbonyl (C=O) groups excluding carboxylic acids is 3. The normalized spacial score (nSPS) is 15.5. The molecular formula is C17H22FN3O4. The van der Waals surface area contributed by atoms with Crippen LogP contribution in [-0.4, -0.2) is 66.5 Å². The second kappa shape index (κ2) is 8.46. The molecule has 1 fully saturated rings. The van der Waals surface area contributed by atoms with Crippen LogP contribution in [0.3, 0.4) is 0 Å². The molecule has 25 heavy (non-hydrogen) atoms.